The van der Waals surface area contributed by atoms with Gasteiger partial charge in [0.25, 0.3) is 5.91 Å². The Morgan fingerprint density at radius 2 is 2.06 bits per heavy atom. The number of alkyl halides is 3. The van der Waals surface area contributed by atoms with Crippen LogP contribution in [0.25, 0.3) is 17.1 Å². The van der Waals surface area contributed by atoms with Crippen LogP contribution in [-0.4, -0.2) is 52.2 Å². The molecule has 1 amide bonds. The number of thioether (sulfide) groups is 1. The van der Waals surface area contributed by atoms with E-state index >= 15 is 0 Å². The van der Waals surface area contributed by atoms with Crippen molar-refractivity contribution in [2.75, 3.05) is 20.1 Å². The fourth-order valence-corrected chi connectivity index (χ4v) is 4.86. The molecule has 11 heteroatoms. The Kier molecular flexibility index (Phi) is 6.28. The fraction of sp³-hybridized carbons (Fsp3) is 0.292. The van der Waals surface area contributed by atoms with E-state index in [1.54, 1.807) is 24.5 Å². The highest BCUT2D eigenvalue weighted by Gasteiger charge is 2.35. The Bertz CT molecular complexity index is 1330. The molecule has 1 aromatic carbocycles. The molecule has 0 spiro atoms. The summed E-state index contributed by atoms with van der Waals surface area (Å²) in [5.41, 5.74) is 0.228. The van der Waals surface area contributed by atoms with Crippen LogP contribution < -0.4 is 10.1 Å². The third-order valence-electron chi connectivity index (χ3n) is 5.88. The summed E-state index contributed by atoms with van der Waals surface area (Å²) in [5.74, 6) is -0.268. The van der Waals surface area contributed by atoms with Crippen LogP contribution in [0.3, 0.4) is 0 Å². The molecule has 2 saturated heterocycles. The third kappa shape index (κ3) is 5.20. The maximum atomic E-state index is 13.8. The number of pyridine rings is 1. The first-order valence-electron chi connectivity index (χ1n) is 11.0. The highest BCUT2D eigenvalue weighted by Crippen LogP contribution is 2.40. The molecule has 2 aliphatic rings. The molecule has 182 valence electrons. The predicted octanol–water partition coefficient (Wildman–Crippen LogP) is 4.95. The summed E-state index contributed by atoms with van der Waals surface area (Å²) in [4.78, 5) is 26.3. The van der Waals surface area contributed by atoms with Crippen molar-refractivity contribution in [1.82, 2.24) is 20.2 Å². The van der Waals surface area contributed by atoms with Crippen molar-refractivity contribution in [2.45, 2.75) is 25.1 Å². The molecule has 5 rings (SSSR count). The second kappa shape index (κ2) is 9.38. The van der Waals surface area contributed by atoms with Crippen molar-refractivity contribution in [3.05, 3.63) is 58.8 Å². The molecular weight excluding hydrogens is 479 g/mol. The Morgan fingerprint density at radius 1 is 1.26 bits per heavy atom. The molecule has 0 bridgehead atoms. The zero-order valence-electron chi connectivity index (χ0n) is 18.7. The lowest BCUT2D eigenvalue weighted by molar-refractivity contribution is -0.137. The van der Waals surface area contributed by atoms with Gasteiger partial charge >= 0.3 is 6.18 Å². The molecule has 2 aliphatic heterocycles. The minimum absolute atomic E-state index is 0.0775. The van der Waals surface area contributed by atoms with Gasteiger partial charge in [-0.2, -0.15) is 13.2 Å². The largest absolute Gasteiger partial charge is 0.490 e. The van der Waals surface area contributed by atoms with Gasteiger partial charge in [0.05, 0.1) is 16.2 Å². The minimum atomic E-state index is -4.63. The van der Waals surface area contributed by atoms with E-state index in [9.17, 15) is 18.0 Å². The summed E-state index contributed by atoms with van der Waals surface area (Å²) >= 11 is 0.986. The lowest BCUT2D eigenvalue weighted by Crippen LogP contribution is -2.35. The van der Waals surface area contributed by atoms with Crippen molar-refractivity contribution in [2.24, 2.45) is 4.99 Å². The maximum absolute atomic E-state index is 13.8. The number of nitrogens with zero attached hydrogens (tertiary/aromatic N) is 3. The van der Waals surface area contributed by atoms with Gasteiger partial charge in [0.1, 0.15) is 17.5 Å². The maximum Gasteiger partial charge on any atom is 0.418 e. The van der Waals surface area contributed by atoms with Crippen molar-refractivity contribution >= 4 is 45.6 Å². The Hall–Kier alpha value is -3.31. The number of amides is 1. The fourth-order valence-electron chi connectivity index (χ4n) is 4.04. The molecule has 2 fully saturated rings. The number of amidine groups is 1. The van der Waals surface area contributed by atoms with Crippen molar-refractivity contribution < 1.29 is 22.7 Å². The number of carbonyl (C=O) groups excluding carboxylic acids is 1. The van der Waals surface area contributed by atoms with Crippen molar-refractivity contribution in [1.29, 1.82) is 0 Å². The van der Waals surface area contributed by atoms with Crippen molar-refractivity contribution in [3.8, 4) is 5.75 Å². The van der Waals surface area contributed by atoms with Crippen LogP contribution in [-0.2, 0) is 11.0 Å². The van der Waals surface area contributed by atoms with Crippen LogP contribution >= 0.6 is 11.8 Å². The summed E-state index contributed by atoms with van der Waals surface area (Å²) in [6.07, 6.45) is 1.79. The number of hydrogen-bond acceptors (Lipinski definition) is 6. The molecule has 3 aromatic rings. The standard InChI is InChI=1S/C24H22F3N5O2S/c1-32-9-6-15(7-10-32)34-16-4-5-19(18(12-16)24(25,26)27)30-23-31-22(33)20(35-23)11-14-13-29-21-17(14)3-2-8-28-21/h2-5,8,11-13,15H,6-7,9-10H2,1H3,(H,28,29)(H,30,31,33). The number of fused-ring (bicyclic) bond motifs is 1. The molecule has 7 nitrogen and oxygen atoms in total. The normalized spacial score (nSPS) is 20.2. The van der Waals surface area contributed by atoms with Gasteiger partial charge in [0, 0.05) is 36.4 Å². The number of halogens is 3. The average molecular weight is 502 g/mol. The Morgan fingerprint density at radius 3 is 2.83 bits per heavy atom. The van der Waals surface area contributed by atoms with Crippen LogP contribution in [0.4, 0.5) is 18.9 Å². The van der Waals surface area contributed by atoms with Crippen LogP contribution in [0.5, 0.6) is 5.75 Å². The number of hydrogen-bond donors (Lipinski definition) is 2. The molecule has 2 aromatic heterocycles. The Balaban J connectivity index is 1.39. The molecule has 2 N–H and O–H groups in total. The summed E-state index contributed by atoms with van der Waals surface area (Å²) < 4.78 is 47.3. The second-order valence-corrected chi connectivity index (χ2v) is 9.45. The second-order valence-electron chi connectivity index (χ2n) is 8.42. The number of aliphatic imine (C=N–C) groups is 1. The van der Waals surface area contributed by atoms with Gasteiger partial charge < -0.3 is 19.9 Å². The number of likely N-dealkylation sites (tertiary alicyclic amines) is 1. The average Bonchev–Trinajstić information content (AvgIpc) is 3.39. The number of rotatable bonds is 4. The lowest BCUT2D eigenvalue weighted by atomic mass is 10.1. The number of nitrogens with one attached hydrogen (secondary N) is 2. The monoisotopic (exact) mass is 501 g/mol. The van der Waals surface area contributed by atoms with Gasteiger partial charge in [-0.3, -0.25) is 4.79 Å². The smallest absolute Gasteiger partial charge is 0.418 e. The number of ether oxygens (including phenoxy) is 1. The molecule has 0 aliphatic carbocycles. The summed E-state index contributed by atoms with van der Waals surface area (Å²) in [6, 6.07) is 7.40. The first-order valence-corrected chi connectivity index (χ1v) is 11.9. The van der Waals surface area contributed by atoms with Gasteiger partial charge in [-0.25, -0.2) is 9.98 Å². The molecular formula is C24H22F3N5O2S. The number of H-pyrrole nitrogens is 1. The first-order chi connectivity index (χ1) is 16.8. The molecule has 35 heavy (non-hydrogen) atoms. The number of aromatic amines is 1. The zero-order valence-corrected chi connectivity index (χ0v) is 19.5. The van der Waals surface area contributed by atoms with Gasteiger partial charge in [-0.15, -0.1) is 0 Å². The lowest BCUT2D eigenvalue weighted by Gasteiger charge is -2.29. The van der Waals surface area contributed by atoms with E-state index in [1.165, 1.54) is 12.1 Å². The SMILES string of the molecule is CN1CCC(Oc2ccc(N=C3NC(=O)C(=Cc4c[nH]c5ncccc45)S3)c(C(F)(F)F)c2)CC1. The zero-order chi connectivity index (χ0) is 24.6. The van der Waals surface area contributed by atoms with Crippen LogP contribution in [0.2, 0.25) is 0 Å². The van der Waals surface area contributed by atoms with Crippen molar-refractivity contribution in [3.63, 3.8) is 0 Å². The number of carbonyl (C=O) groups is 1. The van der Waals surface area contributed by atoms with Gasteiger partial charge in [0.2, 0.25) is 0 Å². The number of benzene rings is 1. The van der Waals surface area contributed by atoms with Gasteiger partial charge in [0.15, 0.2) is 5.17 Å². The molecule has 0 unspecified atom stereocenters. The van der Waals surface area contributed by atoms with E-state index in [0.717, 1.165) is 54.7 Å². The number of piperidine rings is 1. The molecule has 0 atom stereocenters. The van der Waals surface area contributed by atoms with Crippen LogP contribution in [0, 0.1) is 0 Å². The van der Waals surface area contributed by atoms with Crippen LogP contribution in [0.1, 0.15) is 24.0 Å². The van der Waals surface area contributed by atoms with Gasteiger partial charge in [-0.1, -0.05) is 0 Å². The van der Waals surface area contributed by atoms with E-state index in [-0.39, 0.29) is 22.7 Å². The quantitative estimate of drug-likeness (QED) is 0.495. The van der Waals surface area contributed by atoms with Gasteiger partial charge in [-0.05, 0) is 68.1 Å². The summed E-state index contributed by atoms with van der Waals surface area (Å²) in [5, 5.41) is 3.46. The third-order valence-corrected chi connectivity index (χ3v) is 6.79. The first kappa shape index (κ1) is 23.4. The Labute approximate surface area is 203 Å². The van der Waals surface area contributed by atoms with E-state index in [1.807, 2.05) is 13.1 Å². The van der Waals surface area contributed by atoms with E-state index in [4.69, 9.17) is 4.74 Å². The summed E-state index contributed by atoms with van der Waals surface area (Å²) in [6.45, 7) is 1.68. The topological polar surface area (TPSA) is 82.6 Å². The molecule has 0 radical (unpaired) electrons. The molecule has 4 heterocycles. The number of aromatic nitrogens is 2. The van der Waals surface area contributed by atoms with E-state index < -0.39 is 17.6 Å². The minimum Gasteiger partial charge on any atom is -0.490 e. The highest BCUT2D eigenvalue weighted by atomic mass is 32.2. The summed E-state index contributed by atoms with van der Waals surface area (Å²) in [7, 11) is 2.00. The highest BCUT2D eigenvalue weighted by molar-refractivity contribution is 8.18. The molecule has 0 saturated carbocycles. The predicted molar refractivity (Wildman–Crippen MR) is 129 cm³/mol. The van der Waals surface area contributed by atoms with Crippen LogP contribution in [0.15, 0.2) is 52.6 Å². The van der Waals surface area contributed by atoms with E-state index in [0.29, 0.717) is 10.6 Å². The van der Waals surface area contributed by atoms with E-state index in [2.05, 4.69) is 25.2 Å².